The molecule has 0 saturated heterocycles. The number of nitrogens with zero attached hydrogens (tertiary/aromatic N) is 4. The van der Waals surface area contributed by atoms with Gasteiger partial charge >= 0.3 is 0 Å². The second kappa shape index (κ2) is 8.55. The third-order valence-corrected chi connectivity index (χ3v) is 5.34. The van der Waals surface area contributed by atoms with Gasteiger partial charge in [0.25, 0.3) is 0 Å². The van der Waals surface area contributed by atoms with Gasteiger partial charge in [0, 0.05) is 17.9 Å². The topological polar surface area (TPSA) is 54.5 Å². The predicted octanol–water partition coefficient (Wildman–Crippen LogP) is 5.02. The second-order valence-electron chi connectivity index (χ2n) is 6.33. The highest BCUT2D eigenvalue weighted by Crippen LogP contribution is 2.26. The molecule has 0 unspecified atom stereocenters. The fourth-order valence-electron chi connectivity index (χ4n) is 3.00. The number of benzene rings is 3. The summed E-state index contributed by atoms with van der Waals surface area (Å²) in [5.74, 6) is 1.64. The molecule has 4 rings (SSSR count). The van der Waals surface area contributed by atoms with Gasteiger partial charge < -0.3 is 0 Å². The number of para-hydroxylation sites is 1. The quantitative estimate of drug-likeness (QED) is 0.439. The SMILES string of the molecule is N#Cc1cccc(CSc2nnc(Cc3ccccc3)n2-c2ccccc2)c1. The highest BCUT2D eigenvalue weighted by molar-refractivity contribution is 7.98. The minimum Gasteiger partial charge on any atom is -0.274 e. The van der Waals surface area contributed by atoms with Gasteiger partial charge in [0.1, 0.15) is 5.82 Å². The van der Waals surface area contributed by atoms with Crippen LogP contribution in [0.4, 0.5) is 0 Å². The molecule has 0 radical (unpaired) electrons. The smallest absolute Gasteiger partial charge is 0.196 e. The maximum atomic E-state index is 9.10. The number of hydrogen-bond acceptors (Lipinski definition) is 4. The summed E-state index contributed by atoms with van der Waals surface area (Å²) in [5.41, 5.74) is 4.01. The van der Waals surface area contributed by atoms with Crippen molar-refractivity contribution in [1.82, 2.24) is 14.8 Å². The Bertz CT molecular complexity index is 1100. The number of hydrogen-bond donors (Lipinski definition) is 0. The molecule has 0 bridgehead atoms. The van der Waals surface area contributed by atoms with E-state index in [9.17, 15) is 0 Å². The van der Waals surface area contributed by atoms with Gasteiger partial charge in [0.05, 0.1) is 11.6 Å². The van der Waals surface area contributed by atoms with Crippen LogP contribution in [0.3, 0.4) is 0 Å². The fourth-order valence-corrected chi connectivity index (χ4v) is 3.92. The van der Waals surface area contributed by atoms with Gasteiger partial charge in [-0.25, -0.2) is 0 Å². The predicted molar refractivity (Wildman–Crippen MR) is 111 cm³/mol. The van der Waals surface area contributed by atoms with Crippen molar-refractivity contribution in [3.8, 4) is 11.8 Å². The molecule has 4 nitrogen and oxygen atoms in total. The maximum Gasteiger partial charge on any atom is 0.196 e. The van der Waals surface area contributed by atoms with Crippen LogP contribution in [-0.2, 0) is 12.2 Å². The Balaban J connectivity index is 1.64. The van der Waals surface area contributed by atoms with E-state index in [2.05, 4.69) is 45.1 Å². The van der Waals surface area contributed by atoms with Crippen molar-refractivity contribution in [2.75, 3.05) is 0 Å². The fraction of sp³-hybridized carbons (Fsp3) is 0.0870. The molecule has 4 aromatic rings. The molecule has 0 N–H and O–H groups in total. The van der Waals surface area contributed by atoms with E-state index in [0.717, 1.165) is 28.0 Å². The zero-order valence-electron chi connectivity index (χ0n) is 15.2. The monoisotopic (exact) mass is 382 g/mol. The Morgan fingerprint density at radius 1 is 0.821 bits per heavy atom. The van der Waals surface area contributed by atoms with Crippen molar-refractivity contribution in [3.63, 3.8) is 0 Å². The molecule has 0 amide bonds. The van der Waals surface area contributed by atoms with Crippen LogP contribution in [0.2, 0.25) is 0 Å². The summed E-state index contributed by atoms with van der Waals surface area (Å²) >= 11 is 1.63. The van der Waals surface area contributed by atoms with Crippen LogP contribution in [-0.4, -0.2) is 14.8 Å². The summed E-state index contributed by atoms with van der Waals surface area (Å²) in [6.45, 7) is 0. The Kier molecular flexibility index (Phi) is 5.51. The molecule has 1 aromatic heterocycles. The first-order valence-electron chi connectivity index (χ1n) is 8.99. The lowest BCUT2D eigenvalue weighted by Gasteiger charge is -2.10. The van der Waals surface area contributed by atoms with E-state index in [1.807, 2.05) is 60.7 Å². The molecular weight excluding hydrogens is 364 g/mol. The lowest BCUT2D eigenvalue weighted by atomic mass is 10.1. The second-order valence-corrected chi connectivity index (χ2v) is 7.28. The number of nitriles is 1. The van der Waals surface area contributed by atoms with Gasteiger partial charge in [-0.1, -0.05) is 72.4 Å². The minimum absolute atomic E-state index is 0.674. The molecule has 136 valence electrons. The molecule has 0 spiro atoms. The lowest BCUT2D eigenvalue weighted by molar-refractivity contribution is 0.848. The van der Waals surface area contributed by atoms with Crippen LogP contribution in [0.25, 0.3) is 5.69 Å². The molecule has 0 fully saturated rings. The van der Waals surface area contributed by atoms with Crippen LogP contribution < -0.4 is 0 Å². The minimum atomic E-state index is 0.674. The van der Waals surface area contributed by atoms with Gasteiger partial charge in [0.15, 0.2) is 5.16 Å². The van der Waals surface area contributed by atoms with E-state index < -0.39 is 0 Å². The Morgan fingerprint density at radius 2 is 1.54 bits per heavy atom. The standard InChI is InChI=1S/C23H18N4S/c24-16-19-10-7-11-20(14-19)17-28-23-26-25-22(15-18-8-3-1-4-9-18)27(23)21-12-5-2-6-13-21/h1-14H,15,17H2. The third kappa shape index (κ3) is 4.13. The summed E-state index contributed by atoms with van der Waals surface area (Å²) in [4.78, 5) is 0. The summed E-state index contributed by atoms with van der Waals surface area (Å²) in [5, 5.41) is 18.9. The van der Waals surface area contributed by atoms with Crippen molar-refractivity contribution in [2.45, 2.75) is 17.3 Å². The number of thioether (sulfide) groups is 1. The van der Waals surface area contributed by atoms with E-state index >= 15 is 0 Å². The normalized spacial score (nSPS) is 10.5. The molecule has 1 heterocycles. The highest BCUT2D eigenvalue weighted by atomic mass is 32.2. The Labute approximate surface area is 168 Å². The molecule has 0 aliphatic carbocycles. The summed E-state index contributed by atoms with van der Waals surface area (Å²) in [6, 6.07) is 30.3. The molecule has 0 aliphatic heterocycles. The first kappa shape index (κ1) is 18.0. The zero-order valence-corrected chi connectivity index (χ0v) is 16.0. The molecule has 3 aromatic carbocycles. The summed E-state index contributed by atoms with van der Waals surface area (Å²) in [6.07, 6.45) is 0.715. The van der Waals surface area contributed by atoms with Crippen molar-refractivity contribution in [2.24, 2.45) is 0 Å². The van der Waals surface area contributed by atoms with Crippen LogP contribution in [0.15, 0.2) is 90.1 Å². The molecular formula is C23H18N4S. The average molecular weight is 382 g/mol. The van der Waals surface area contributed by atoms with Gasteiger partial charge in [-0.15, -0.1) is 10.2 Å². The molecule has 0 saturated carbocycles. The van der Waals surface area contributed by atoms with Crippen LogP contribution in [0.1, 0.15) is 22.5 Å². The molecule has 0 atom stereocenters. The van der Waals surface area contributed by atoms with Crippen LogP contribution in [0, 0.1) is 11.3 Å². The molecule has 28 heavy (non-hydrogen) atoms. The Hall–Kier alpha value is -3.36. The highest BCUT2D eigenvalue weighted by Gasteiger charge is 2.15. The first-order chi connectivity index (χ1) is 13.8. The largest absolute Gasteiger partial charge is 0.274 e. The van der Waals surface area contributed by atoms with Gasteiger partial charge in [0.2, 0.25) is 0 Å². The zero-order chi connectivity index (χ0) is 19.2. The number of aromatic nitrogens is 3. The first-order valence-corrected chi connectivity index (χ1v) is 9.97. The van der Waals surface area contributed by atoms with Gasteiger partial charge in [-0.3, -0.25) is 4.57 Å². The van der Waals surface area contributed by atoms with E-state index in [1.165, 1.54) is 5.56 Å². The van der Waals surface area contributed by atoms with E-state index in [1.54, 1.807) is 11.8 Å². The molecule has 0 aliphatic rings. The van der Waals surface area contributed by atoms with E-state index in [-0.39, 0.29) is 0 Å². The lowest BCUT2D eigenvalue weighted by Crippen LogP contribution is -2.03. The molecule has 5 heteroatoms. The Morgan fingerprint density at radius 3 is 2.29 bits per heavy atom. The van der Waals surface area contributed by atoms with Gasteiger partial charge in [-0.05, 0) is 35.4 Å². The van der Waals surface area contributed by atoms with Crippen molar-refractivity contribution < 1.29 is 0 Å². The van der Waals surface area contributed by atoms with Crippen LogP contribution in [0.5, 0.6) is 0 Å². The summed E-state index contributed by atoms with van der Waals surface area (Å²) in [7, 11) is 0. The van der Waals surface area contributed by atoms with Crippen molar-refractivity contribution in [3.05, 3.63) is 107 Å². The van der Waals surface area contributed by atoms with Crippen molar-refractivity contribution >= 4 is 11.8 Å². The summed E-state index contributed by atoms with van der Waals surface area (Å²) < 4.78 is 2.12. The average Bonchev–Trinajstić information content (AvgIpc) is 3.16. The van der Waals surface area contributed by atoms with E-state index in [4.69, 9.17) is 5.26 Å². The number of rotatable bonds is 6. The van der Waals surface area contributed by atoms with Crippen molar-refractivity contribution in [1.29, 1.82) is 5.26 Å². The third-order valence-electron chi connectivity index (χ3n) is 4.34. The van der Waals surface area contributed by atoms with Gasteiger partial charge in [-0.2, -0.15) is 5.26 Å². The van der Waals surface area contributed by atoms with E-state index in [0.29, 0.717) is 12.0 Å². The van der Waals surface area contributed by atoms with Crippen LogP contribution >= 0.6 is 11.8 Å². The maximum absolute atomic E-state index is 9.10.